The summed E-state index contributed by atoms with van der Waals surface area (Å²) in [5.41, 5.74) is 1.19. The molecule has 2 rings (SSSR count). The zero-order valence-electron chi connectivity index (χ0n) is 11.9. The van der Waals surface area contributed by atoms with Crippen LogP contribution in [-0.4, -0.2) is 13.2 Å². The number of hydrogen-bond donors (Lipinski definition) is 1. The van der Waals surface area contributed by atoms with Crippen molar-refractivity contribution in [2.24, 2.45) is 0 Å². The van der Waals surface area contributed by atoms with Gasteiger partial charge in [-0.15, -0.1) is 17.9 Å². The van der Waals surface area contributed by atoms with Gasteiger partial charge in [0.2, 0.25) is 0 Å². The molecule has 0 saturated carbocycles. The Morgan fingerprint density at radius 2 is 2.10 bits per heavy atom. The molecule has 0 saturated heterocycles. The summed E-state index contributed by atoms with van der Waals surface area (Å²) in [7, 11) is 0. The maximum atomic E-state index is 5.83. The summed E-state index contributed by atoms with van der Waals surface area (Å²) in [5.74, 6) is 0.959. The highest BCUT2D eigenvalue weighted by molar-refractivity contribution is 7.11. The van der Waals surface area contributed by atoms with E-state index in [-0.39, 0.29) is 0 Å². The molecule has 0 spiro atoms. The zero-order chi connectivity index (χ0) is 14.2. The van der Waals surface area contributed by atoms with Crippen LogP contribution in [0.4, 0.5) is 0 Å². The molecule has 106 valence electrons. The van der Waals surface area contributed by atoms with E-state index in [9.17, 15) is 0 Å². The number of allylic oxidation sites excluding steroid dienone is 1. The van der Waals surface area contributed by atoms with Gasteiger partial charge in [-0.2, -0.15) is 0 Å². The molecule has 0 aliphatic rings. The van der Waals surface area contributed by atoms with Crippen LogP contribution in [0.15, 0.2) is 49.1 Å². The minimum atomic E-state index is 0.679. The molecule has 1 N–H and O–H groups in total. The topological polar surface area (TPSA) is 21.3 Å². The first-order valence-corrected chi connectivity index (χ1v) is 7.69. The lowest BCUT2D eigenvalue weighted by Gasteiger charge is -2.10. The van der Waals surface area contributed by atoms with Gasteiger partial charge >= 0.3 is 0 Å². The first-order chi connectivity index (χ1) is 9.79. The Bertz CT molecular complexity index is 547. The summed E-state index contributed by atoms with van der Waals surface area (Å²) in [6.07, 6.45) is 2.75. The van der Waals surface area contributed by atoms with E-state index in [2.05, 4.69) is 37.0 Å². The summed E-state index contributed by atoms with van der Waals surface area (Å²) >= 11 is 1.84. The number of benzene rings is 1. The SMILES string of the molecule is C=CCc1ccccc1OCCNCc1ccc(C)s1. The molecule has 20 heavy (non-hydrogen) atoms. The molecule has 0 fully saturated rings. The van der Waals surface area contributed by atoms with Gasteiger partial charge in [-0.3, -0.25) is 0 Å². The van der Waals surface area contributed by atoms with Crippen LogP contribution in [0.1, 0.15) is 15.3 Å². The normalized spacial score (nSPS) is 10.4. The molecule has 1 heterocycles. The van der Waals surface area contributed by atoms with Crippen LogP contribution in [0.3, 0.4) is 0 Å². The highest BCUT2D eigenvalue weighted by atomic mass is 32.1. The molecule has 0 aliphatic heterocycles. The van der Waals surface area contributed by atoms with Crippen LogP contribution in [0.5, 0.6) is 5.75 Å². The third kappa shape index (κ3) is 4.51. The van der Waals surface area contributed by atoms with Gasteiger partial charge in [0.15, 0.2) is 0 Å². The van der Waals surface area contributed by atoms with Gasteiger partial charge in [-0.25, -0.2) is 0 Å². The number of hydrogen-bond acceptors (Lipinski definition) is 3. The highest BCUT2D eigenvalue weighted by Gasteiger charge is 2.01. The number of thiophene rings is 1. The van der Waals surface area contributed by atoms with Gasteiger partial charge in [0, 0.05) is 22.8 Å². The summed E-state index contributed by atoms with van der Waals surface area (Å²) in [5, 5.41) is 3.40. The van der Waals surface area contributed by atoms with Crippen molar-refractivity contribution >= 4 is 11.3 Å². The monoisotopic (exact) mass is 287 g/mol. The van der Waals surface area contributed by atoms with Crippen LogP contribution < -0.4 is 10.1 Å². The lowest BCUT2D eigenvalue weighted by Crippen LogP contribution is -2.20. The van der Waals surface area contributed by atoms with Crippen molar-refractivity contribution in [3.8, 4) is 5.75 Å². The van der Waals surface area contributed by atoms with Gasteiger partial charge in [0.05, 0.1) is 0 Å². The van der Waals surface area contributed by atoms with Crippen molar-refractivity contribution in [2.75, 3.05) is 13.2 Å². The van der Waals surface area contributed by atoms with E-state index in [1.807, 2.05) is 35.6 Å². The zero-order valence-corrected chi connectivity index (χ0v) is 12.7. The van der Waals surface area contributed by atoms with Gasteiger partial charge in [-0.1, -0.05) is 24.3 Å². The lowest BCUT2D eigenvalue weighted by atomic mass is 10.1. The molecular formula is C17H21NOS. The third-order valence-electron chi connectivity index (χ3n) is 2.97. The highest BCUT2D eigenvalue weighted by Crippen LogP contribution is 2.18. The van der Waals surface area contributed by atoms with Crippen LogP contribution >= 0.6 is 11.3 Å². The maximum absolute atomic E-state index is 5.83. The number of ether oxygens (including phenoxy) is 1. The minimum Gasteiger partial charge on any atom is -0.492 e. The second-order valence-corrected chi connectivity index (χ2v) is 6.01. The molecule has 2 nitrogen and oxygen atoms in total. The Labute approximate surface area is 125 Å². The molecule has 0 bridgehead atoms. The van der Waals surface area contributed by atoms with Gasteiger partial charge in [0.25, 0.3) is 0 Å². The number of nitrogens with one attached hydrogen (secondary N) is 1. The Morgan fingerprint density at radius 1 is 1.25 bits per heavy atom. The Hall–Kier alpha value is -1.58. The second kappa shape index (κ2) is 7.88. The molecule has 0 unspecified atom stereocenters. The van der Waals surface area contributed by atoms with Gasteiger partial charge in [0.1, 0.15) is 12.4 Å². The summed E-state index contributed by atoms with van der Waals surface area (Å²) in [6, 6.07) is 12.5. The quantitative estimate of drug-likeness (QED) is 0.586. The molecule has 3 heteroatoms. The number of aryl methyl sites for hydroxylation is 1. The van der Waals surface area contributed by atoms with E-state index in [4.69, 9.17) is 4.74 Å². The molecular weight excluding hydrogens is 266 g/mol. The molecule has 2 aromatic rings. The van der Waals surface area contributed by atoms with Crippen molar-refractivity contribution in [1.82, 2.24) is 5.32 Å². The van der Waals surface area contributed by atoms with E-state index in [0.717, 1.165) is 25.3 Å². The van der Waals surface area contributed by atoms with E-state index in [1.54, 1.807) is 0 Å². The lowest BCUT2D eigenvalue weighted by molar-refractivity contribution is 0.311. The molecule has 1 aromatic carbocycles. The second-order valence-electron chi connectivity index (χ2n) is 4.64. The van der Waals surface area contributed by atoms with Crippen LogP contribution in [0.25, 0.3) is 0 Å². The Kier molecular flexibility index (Phi) is 5.84. The van der Waals surface area contributed by atoms with Crippen molar-refractivity contribution in [3.63, 3.8) is 0 Å². The van der Waals surface area contributed by atoms with Crippen molar-refractivity contribution in [1.29, 1.82) is 0 Å². The molecule has 0 atom stereocenters. The largest absolute Gasteiger partial charge is 0.492 e. The Morgan fingerprint density at radius 3 is 2.85 bits per heavy atom. The smallest absolute Gasteiger partial charge is 0.122 e. The van der Waals surface area contributed by atoms with E-state index >= 15 is 0 Å². The van der Waals surface area contributed by atoms with Crippen molar-refractivity contribution in [2.45, 2.75) is 19.9 Å². The summed E-state index contributed by atoms with van der Waals surface area (Å²) < 4.78 is 5.83. The number of para-hydroxylation sites is 1. The van der Waals surface area contributed by atoms with E-state index < -0.39 is 0 Å². The van der Waals surface area contributed by atoms with E-state index in [1.165, 1.54) is 15.3 Å². The first-order valence-electron chi connectivity index (χ1n) is 6.87. The van der Waals surface area contributed by atoms with Crippen LogP contribution in [0, 0.1) is 6.92 Å². The first kappa shape index (κ1) is 14.8. The molecule has 0 radical (unpaired) electrons. The molecule has 0 aliphatic carbocycles. The molecule has 1 aromatic heterocycles. The fraction of sp³-hybridized carbons (Fsp3) is 0.294. The van der Waals surface area contributed by atoms with Crippen LogP contribution in [-0.2, 0) is 13.0 Å². The predicted molar refractivity (Wildman–Crippen MR) is 86.6 cm³/mol. The standard InChI is InChI=1S/C17H21NOS/c1-3-6-15-7-4-5-8-17(15)19-12-11-18-13-16-10-9-14(2)20-16/h3-5,7-10,18H,1,6,11-13H2,2H3. The van der Waals surface area contributed by atoms with Crippen molar-refractivity contribution in [3.05, 3.63) is 64.4 Å². The fourth-order valence-corrected chi connectivity index (χ4v) is 2.85. The van der Waals surface area contributed by atoms with Crippen LogP contribution in [0.2, 0.25) is 0 Å². The maximum Gasteiger partial charge on any atom is 0.122 e. The average Bonchev–Trinajstić information content (AvgIpc) is 2.86. The van der Waals surface area contributed by atoms with E-state index in [0.29, 0.717) is 6.61 Å². The third-order valence-corrected chi connectivity index (χ3v) is 3.97. The fourth-order valence-electron chi connectivity index (χ4n) is 1.99. The van der Waals surface area contributed by atoms with Gasteiger partial charge in [-0.05, 0) is 37.1 Å². The average molecular weight is 287 g/mol. The minimum absolute atomic E-state index is 0.679. The van der Waals surface area contributed by atoms with Gasteiger partial charge < -0.3 is 10.1 Å². The summed E-state index contributed by atoms with van der Waals surface area (Å²) in [6.45, 7) is 8.35. The molecule has 0 amide bonds. The predicted octanol–water partition coefficient (Wildman–Crippen LogP) is 3.95. The number of rotatable bonds is 8. The summed E-state index contributed by atoms with van der Waals surface area (Å²) in [4.78, 5) is 2.73. The van der Waals surface area contributed by atoms with Crippen molar-refractivity contribution < 1.29 is 4.74 Å². The Balaban J connectivity index is 1.72.